The molecule has 0 rings (SSSR count). The molecule has 0 aromatic rings. The summed E-state index contributed by atoms with van der Waals surface area (Å²) in [6, 6.07) is 0. The highest BCUT2D eigenvalue weighted by molar-refractivity contribution is 5.89. The van der Waals surface area contributed by atoms with E-state index in [0.717, 1.165) is 11.7 Å². The molecule has 0 radical (unpaired) electrons. The number of hydrogen-bond acceptors (Lipinski definition) is 2. The minimum atomic E-state index is -0.0152. The lowest BCUT2D eigenvalue weighted by atomic mass is 10.1. The molecule has 0 fully saturated rings. The van der Waals surface area contributed by atoms with Crippen LogP contribution in [0.2, 0.25) is 0 Å². The van der Waals surface area contributed by atoms with Crippen molar-refractivity contribution in [3.63, 3.8) is 0 Å². The van der Waals surface area contributed by atoms with E-state index in [-0.39, 0.29) is 34.6 Å². The maximum absolute atomic E-state index is 3.56. The summed E-state index contributed by atoms with van der Waals surface area (Å²) < 4.78 is 0. The van der Waals surface area contributed by atoms with Crippen molar-refractivity contribution in [3.8, 4) is 0 Å². The van der Waals surface area contributed by atoms with Gasteiger partial charge in [-0.2, -0.15) is 0 Å². The van der Waals surface area contributed by atoms with Crippen molar-refractivity contribution in [2.45, 2.75) is 105 Å². The van der Waals surface area contributed by atoms with Gasteiger partial charge in [-0.05, 0) is 83.1 Å². The highest BCUT2D eigenvalue weighted by Gasteiger charge is 2.23. The van der Waals surface area contributed by atoms with Gasteiger partial charge in [0.15, 0.2) is 0 Å². The smallest absolute Gasteiger partial charge is 0.271 e. The zero-order valence-corrected chi connectivity index (χ0v) is 18.7. The van der Waals surface area contributed by atoms with Crippen molar-refractivity contribution in [2.75, 3.05) is 0 Å². The predicted molar refractivity (Wildman–Crippen MR) is 102 cm³/mol. The topological polar surface area (TPSA) is 50.1 Å². The Morgan fingerprint density at radius 2 is 0.958 bits per heavy atom. The van der Waals surface area contributed by atoms with E-state index in [9.17, 15) is 0 Å². The van der Waals surface area contributed by atoms with E-state index in [4.69, 9.17) is 0 Å². The lowest BCUT2D eigenvalue weighted by Crippen LogP contribution is -3.00. The number of nitrogens with one attached hydrogen (secondary N) is 4. The standard InChI is InChI=1S/C19H40N4.ClH/c1-16(2,3)20-14(21-17(4,5)6)13-15(22-18(7,8)9)23-19(10,11)12;/h13,20-21H,1-12H3,(H,22,23);1H. The average Bonchev–Trinajstić information content (AvgIpc) is 2.03. The van der Waals surface area contributed by atoms with Gasteiger partial charge in [-0.3, -0.25) is 10.3 Å². The highest BCUT2D eigenvalue weighted by atomic mass is 35.5. The Morgan fingerprint density at radius 3 is 1.21 bits per heavy atom. The van der Waals surface area contributed by atoms with Crippen LogP contribution in [0.4, 0.5) is 0 Å². The molecule has 0 aromatic carbocycles. The first kappa shape index (κ1) is 25.3. The molecule has 0 aliphatic heterocycles. The van der Waals surface area contributed by atoms with Crippen LogP contribution in [0, 0.1) is 0 Å². The van der Waals surface area contributed by atoms with Gasteiger partial charge in [-0.15, -0.1) is 0 Å². The second kappa shape index (κ2) is 8.46. The molecule has 0 atom stereocenters. The van der Waals surface area contributed by atoms with Gasteiger partial charge in [0.2, 0.25) is 0 Å². The molecule has 0 aliphatic rings. The summed E-state index contributed by atoms with van der Waals surface area (Å²) in [6.45, 7) is 26.0. The average molecular weight is 361 g/mol. The van der Waals surface area contributed by atoms with Crippen molar-refractivity contribution in [2.24, 2.45) is 0 Å². The van der Waals surface area contributed by atoms with Crippen LogP contribution in [0.25, 0.3) is 0 Å². The fourth-order valence-corrected chi connectivity index (χ4v) is 1.97. The maximum Gasteiger partial charge on any atom is 0.271 e. The third kappa shape index (κ3) is 16.0. The fraction of sp³-hybridized carbons (Fsp3) is 0.842. The summed E-state index contributed by atoms with van der Waals surface area (Å²) >= 11 is 0. The number of rotatable bonds is 3. The first-order chi connectivity index (χ1) is 9.86. The minimum absolute atomic E-state index is 0. The van der Waals surface area contributed by atoms with Crippen molar-refractivity contribution in [3.05, 3.63) is 11.9 Å². The van der Waals surface area contributed by atoms with Crippen LogP contribution in [0.5, 0.6) is 0 Å². The molecular weight excluding hydrogens is 320 g/mol. The summed E-state index contributed by atoms with van der Waals surface area (Å²) in [5.74, 6) is 2.02. The van der Waals surface area contributed by atoms with Gasteiger partial charge < -0.3 is 23.0 Å². The van der Waals surface area contributed by atoms with Crippen LogP contribution >= 0.6 is 0 Å². The van der Waals surface area contributed by atoms with Crippen LogP contribution in [-0.4, -0.2) is 28.0 Å². The summed E-state index contributed by atoms with van der Waals surface area (Å²) in [5.41, 5.74) is -0.0609. The Balaban J connectivity index is 0. The van der Waals surface area contributed by atoms with E-state index in [1.165, 1.54) is 0 Å². The fourth-order valence-electron chi connectivity index (χ4n) is 1.97. The van der Waals surface area contributed by atoms with Gasteiger partial charge in [0.05, 0.1) is 17.2 Å². The van der Waals surface area contributed by atoms with Crippen LogP contribution in [0.3, 0.4) is 0 Å². The van der Waals surface area contributed by atoms with Gasteiger partial charge in [-0.25, -0.2) is 0 Å². The van der Waals surface area contributed by atoms with Gasteiger partial charge in [0, 0.05) is 11.1 Å². The van der Waals surface area contributed by atoms with Crippen LogP contribution < -0.4 is 33.3 Å². The summed E-state index contributed by atoms with van der Waals surface area (Å²) in [7, 11) is 0. The molecule has 0 amide bonds. The molecular formula is C19H41ClN4. The van der Waals surface area contributed by atoms with Crippen molar-refractivity contribution in [1.82, 2.24) is 16.0 Å². The number of amidine groups is 1. The molecule has 0 bridgehead atoms. The first-order valence-electron chi connectivity index (χ1n) is 8.58. The van der Waals surface area contributed by atoms with E-state index >= 15 is 0 Å². The number of hydrogen-bond donors (Lipinski definition) is 4. The van der Waals surface area contributed by atoms with Crippen LogP contribution in [-0.2, 0) is 0 Å². The Hall–Kier alpha value is -0.900. The molecule has 0 spiro atoms. The van der Waals surface area contributed by atoms with E-state index < -0.39 is 0 Å². The van der Waals surface area contributed by atoms with Crippen molar-refractivity contribution in [1.29, 1.82) is 0 Å². The summed E-state index contributed by atoms with van der Waals surface area (Å²) in [5, 5.41) is 10.7. The second-order valence-corrected chi connectivity index (χ2v) is 10.5. The summed E-state index contributed by atoms with van der Waals surface area (Å²) in [4.78, 5) is 3.56. The Morgan fingerprint density at radius 1 is 0.625 bits per heavy atom. The molecule has 0 saturated carbocycles. The molecule has 4 nitrogen and oxygen atoms in total. The van der Waals surface area contributed by atoms with Gasteiger partial charge in [0.1, 0.15) is 5.82 Å². The van der Waals surface area contributed by atoms with Gasteiger partial charge in [-0.1, -0.05) is 0 Å². The molecule has 0 heterocycles. The quantitative estimate of drug-likeness (QED) is 0.396. The molecule has 0 unspecified atom stereocenters. The zero-order chi connectivity index (χ0) is 18.7. The molecule has 0 aromatic heterocycles. The van der Waals surface area contributed by atoms with Crippen LogP contribution in [0.15, 0.2) is 11.9 Å². The van der Waals surface area contributed by atoms with E-state index in [0.29, 0.717) is 0 Å². The van der Waals surface area contributed by atoms with E-state index in [1.807, 2.05) is 0 Å². The van der Waals surface area contributed by atoms with Crippen molar-refractivity contribution < 1.29 is 17.4 Å². The largest absolute Gasteiger partial charge is 1.00 e. The third-order valence-corrected chi connectivity index (χ3v) is 2.33. The normalized spacial score (nSPS) is 13.8. The van der Waals surface area contributed by atoms with E-state index in [2.05, 4.69) is 110 Å². The molecule has 24 heavy (non-hydrogen) atoms. The molecule has 5 heteroatoms. The monoisotopic (exact) mass is 360 g/mol. The summed E-state index contributed by atoms with van der Waals surface area (Å²) in [6.07, 6.45) is 2.13. The van der Waals surface area contributed by atoms with Crippen molar-refractivity contribution >= 4 is 5.84 Å². The lowest BCUT2D eigenvalue weighted by molar-refractivity contribution is -0.540. The lowest BCUT2D eigenvalue weighted by Gasteiger charge is -2.31. The van der Waals surface area contributed by atoms with E-state index in [1.54, 1.807) is 0 Å². The Kier molecular flexibility index (Phi) is 8.93. The Labute approximate surface area is 156 Å². The van der Waals surface area contributed by atoms with Gasteiger partial charge in [0.25, 0.3) is 5.84 Å². The Bertz CT molecular complexity index is 420. The molecule has 4 N–H and O–H groups in total. The zero-order valence-electron chi connectivity index (χ0n) is 18.0. The maximum atomic E-state index is 3.56. The molecule has 144 valence electrons. The minimum Gasteiger partial charge on any atom is -1.00 e. The third-order valence-electron chi connectivity index (χ3n) is 2.33. The predicted octanol–water partition coefficient (Wildman–Crippen LogP) is -0.726. The second-order valence-electron chi connectivity index (χ2n) is 10.5. The highest BCUT2D eigenvalue weighted by Crippen LogP contribution is 2.07. The van der Waals surface area contributed by atoms with Crippen LogP contribution in [0.1, 0.15) is 83.1 Å². The first-order valence-corrected chi connectivity index (χ1v) is 8.58. The van der Waals surface area contributed by atoms with Gasteiger partial charge >= 0.3 is 0 Å². The SMILES string of the molecule is CC(C)(C)NC(=CC(NC(C)(C)C)=[NH+]C(C)(C)C)NC(C)(C)C.[Cl-]. The molecule has 0 saturated heterocycles. The number of halogens is 1. The molecule has 0 aliphatic carbocycles.